The van der Waals surface area contributed by atoms with E-state index in [1.165, 1.54) is 74.6 Å². The molecule has 0 saturated heterocycles. The third-order valence-electron chi connectivity index (χ3n) is 15.1. The van der Waals surface area contributed by atoms with Crippen molar-refractivity contribution in [3.63, 3.8) is 0 Å². The van der Waals surface area contributed by atoms with E-state index in [4.69, 9.17) is 0 Å². The highest BCUT2D eigenvalue weighted by atomic mass is 16.4. The number of carbonyl (C=O) groups is 1. The molecule has 1 aromatic carbocycles. The summed E-state index contributed by atoms with van der Waals surface area (Å²) in [6.45, 7) is 25.8. The van der Waals surface area contributed by atoms with Gasteiger partial charge in [-0.3, -0.25) is 0 Å². The molecule has 2 N–H and O–H groups in total. The van der Waals surface area contributed by atoms with E-state index in [1.54, 1.807) is 12.1 Å². The van der Waals surface area contributed by atoms with Crippen molar-refractivity contribution in [1.29, 1.82) is 0 Å². The summed E-state index contributed by atoms with van der Waals surface area (Å²) < 4.78 is 0. The molecule has 0 amide bonds. The van der Waals surface area contributed by atoms with Gasteiger partial charge in [0, 0.05) is 12.6 Å². The van der Waals surface area contributed by atoms with Crippen LogP contribution in [0.5, 0.6) is 0 Å². The molecular formula is C40H59NO2. The number of carboxylic acids is 1. The van der Waals surface area contributed by atoms with Crippen LogP contribution in [0.2, 0.25) is 0 Å². The lowest BCUT2D eigenvalue weighted by Gasteiger charge is -2.72. The summed E-state index contributed by atoms with van der Waals surface area (Å²) in [5.41, 5.74) is 5.92. The van der Waals surface area contributed by atoms with Crippen molar-refractivity contribution in [3.8, 4) is 0 Å². The predicted molar refractivity (Wildman–Crippen MR) is 179 cm³/mol. The third kappa shape index (κ3) is 4.40. The Morgan fingerprint density at radius 3 is 2.26 bits per heavy atom. The second-order valence-corrected chi connectivity index (χ2v) is 17.5. The Bertz CT molecular complexity index is 1310. The SMILES string of the molecule is C=C(C)[C@@H]1CC[C@]2(CNC(C)C)CC[C@]3(C)[C@H](CC[C@@H]4[C@@]5(C)CC=C(c6ccc(C(=O)O)cc6)C(C)(C)[C@@H]5CC[C@]43C)[C@@H]12. The van der Waals surface area contributed by atoms with Gasteiger partial charge >= 0.3 is 5.97 Å². The first-order chi connectivity index (χ1) is 20.1. The zero-order valence-electron chi connectivity index (χ0n) is 28.5. The van der Waals surface area contributed by atoms with E-state index < -0.39 is 5.97 Å². The van der Waals surface area contributed by atoms with E-state index in [2.05, 4.69) is 73.4 Å². The van der Waals surface area contributed by atoms with Crippen LogP contribution in [0.4, 0.5) is 0 Å². The Morgan fingerprint density at radius 1 is 0.930 bits per heavy atom. The predicted octanol–water partition coefficient (Wildman–Crippen LogP) is 10.0. The number of rotatable bonds is 6. The molecule has 9 atom stereocenters. The first kappa shape index (κ1) is 31.1. The van der Waals surface area contributed by atoms with Crippen molar-refractivity contribution in [1.82, 2.24) is 5.32 Å². The molecule has 4 saturated carbocycles. The minimum Gasteiger partial charge on any atom is -0.478 e. The maximum Gasteiger partial charge on any atom is 0.335 e. The maximum atomic E-state index is 11.5. The summed E-state index contributed by atoms with van der Waals surface area (Å²) >= 11 is 0. The van der Waals surface area contributed by atoms with Gasteiger partial charge in [0.2, 0.25) is 0 Å². The lowest BCUT2D eigenvalue weighted by molar-refractivity contribution is -0.225. The molecular weight excluding hydrogens is 526 g/mol. The number of fused-ring (bicyclic) bond motifs is 7. The first-order valence-electron chi connectivity index (χ1n) is 17.5. The van der Waals surface area contributed by atoms with E-state index in [-0.39, 0.29) is 10.8 Å². The zero-order chi connectivity index (χ0) is 31.2. The van der Waals surface area contributed by atoms with Crippen LogP contribution < -0.4 is 5.32 Å². The fourth-order valence-electron chi connectivity index (χ4n) is 12.9. The molecule has 0 aromatic heterocycles. The molecule has 3 heteroatoms. The van der Waals surface area contributed by atoms with Gasteiger partial charge in [-0.25, -0.2) is 4.79 Å². The first-order valence-corrected chi connectivity index (χ1v) is 17.5. The van der Waals surface area contributed by atoms with Crippen molar-refractivity contribution in [2.24, 2.45) is 56.7 Å². The normalized spacial score (nSPS) is 43.2. The Morgan fingerprint density at radius 2 is 1.63 bits per heavy atom. The molecule has 0 unspecified atom stereocenters. The highest BCUT2D eigenvalue weighted by Gasteiger charge is 2.70. The largest absolute Gasteiger partial charge is 0.478 e. The molecule has 236 valence electrons. The molecule has 5 aliphatic carbocycles. The molecule has 5 aliphatic rings. The molecule has 0 heterocycles. The smallest absolute Gasteiger partial charge is 0.335 e. The highest BCUT2D eigenvalue weighted by Crippen LogP contribution is 2.77. The van der Waals surface area contributed by atoms with Crippen LogP contribution in [-0.4, -0.2) is 23.7 Å². The average Bonchev–Trinajstić information content (AvgIpc) is 3.32. The van der Waals surface area contributed by atoms with Crippen LogP contribution in [-0.2, 0) is 0 Å². The van der Waals surface area contributed by atoms with Crippen molar-refractivity contribution in [3.05, 3.63) is 53.6 Å². The van der Waals surface area contributed by atoms with Crippen molar-refractivity contribution < 1.29 is 9.90 Å². The van der Waals surface area contributed by atoms with Crippen molar-refractivity contribution in [2.45, 2.75) is 119 Å². The molecule has 0 radical (unpaired) electrons. The van der Waals surface area contributed by atoms with Crippen molar-refractivity contribution in [2.75, 3.05) is 6.54 Å². The second kappa shape index (κ2) is 10.3. The summed E-state index contributed by atoms with van der Waals surface area (Å²) in [5.74, 6) is 2.74. The minimum absolute atomic E-state index is 0.0531. The zero-order valence-corrected chi connectivity index (χ0v) is 28.5. The summed E-state index contributed by atoms with van der Waals surface area (Å²) in [4.78, 5) is 11.5. The van der Waals surface area contributed by atoms with Gasteiger partial charge in [-0.05, 0) is 145 Å². The molecule has 6 rings (SSSR count). The van der Waals surface area contributed by atoms with E-state index in [1.807, 2.05) is 12.1 Å². The number of benzene rings is 1. The van der Waals surface area contributed by atoms with E-state index >= 15 is 0 Å². The number of aromatic carboxylic acids is 1. The molecule has 43 heavy (non-hydrogen) atoms. The fourth-order valence-corrected chi connectivity index (χ4v) is 12.9. The summed E-state index contributed by atoms with van der Waals surface area (Å²) in [6, 6.07) is 8.19. The van der Waals surface area contributed by atoms with Gasteiger partial charge in [-0.1, -0.05) is 78.8 Å². The second-order valence-electron chi connectivity index (χ2n) is 17.5. The topological polar surface area (TPSA) is 49.3 Å². The number of carboxylic acid groups (broad SMARTS) is 1. The lowest BCUT2D eigenvalue weighted by Crippen LogP contribution is -2.66. The molecule has 1 aromatic rings. The third-order valence-corrected chi connectivity index (χ3v) is 15.1. The Labute approximate surface area is 262 Å². The van der Waals surface area contributed by atoms with Crippen LogP contribution in [0, 0.1) is 56.7 Å². The van der Waals surface area contributed by atoms with E-state index in [0.29, 0.717) is 39.7 Å². The Hall–Kier alpha value is -1.87. The molecule has 0 bridgehead atoms. The van der Waals surface area contributed by atoms with Gasteiger partial charge in [-0.2, -0.15) is 0 Å². The quantitative estimate of drug-likeness (QED) is 0.327. The average molecular weight is 586 g/mol. The Balaban J connectivity index is 1.34. The van der Waals surface area contributed by atoms with E-state index in [0.717, 1.165) is 24.2 Å². The van der Waals surface area contributed by atoms with Crippen molar-refractivity contribution >= 4 is 11.5 Å². The number of nitrogens with one attached hydrogen (secondary N) is 1. The number of hydrogen-bond donors (Lipinski definition) is 2. The Kier molecular flexibility index (Phi) is 7.48. The standard InChI is InChI=1S/C40H59NO2/c1-25(2)29-16-21-40(24-41-26(3)4)23-22-38(8)31(34(29)40)14-15-33-37(7)19-17-30(27-10-12-28(13-11-27)35(42)43)36(5,6)32(37)18-20-39(33,38)9/h10-13,17,26,29,31-34,41H,1,14-16,18-24H2,2-9H3,(H,42,43)/t29-,31+,32-,33+,34+,37-,38+,39+,40+/m0/s1. The minimum atomic E-state index is -0.852. The molecule has 4 fully saturated rings. The van der Waals surface area contributed by atoms with Crippen LogP contribution >= 0.6 is 0 Å². The van der Waals surface area contributed by atoms with Gasteiger partial charge in [0.25, 0.3) is 0 Å². The fraction of sp³-hybridized carbons (Fsp3) is 0.725. The lowest BCUT2D eigenvalue weighted by atomic mass is 9.32. The van der Waals surface area contributed by atoms with Gasteiger partial charge in [0.05, 0.1) is 5.56 Å². The summed E-state index contributed by atoms with van der Waals surface area (Å²) in [6.07, 6.45) is 14.5. The molecule has 0 spiro atoms. The van der Waals surface area contributed by atoms with Crippen LogP contribution in [0.25, 0.3) is 5.57 Å². The number of hydrogen-bond acceptors (Lipinski definition) is 2. The van der Waals surface area contributed by atoms with Gasteiger partial charge < -0.3 is 10.4 Å². The van der Waals surface area contributed by atoms with Crippen LogP contribution in [0.15, 0.2) is 42.5 Å². The summed E-state index contributed by atoms with van der Waals surface area (Å²) in [5, 5.41) is 13.4. The van der Waals surface area contributed by atoms with E-state index in [9.17, 15) is 9.90 Å². The van der Waals surface area contributed by atoms with Gasteiger partial charge in [0.1, 0.15) is 0 Å². The molecule has 3 nitrogen and oxygen atoms in total. The highest BCUT2D eigenvalue weighted by molar-refractivity contribution is 5.88. The van der Waals surface area contributed by atoms with Crippen LogP contribution in [0.3, 0.4) is 0 Å². The number of allylic oxidation sites excluding steroid dienone is 3. The maximum absolute atomic E-state index is 11.5. The monoisotopic (exact) mass is 585 g/mol. The van der Waals surface area contributed by atoms with Crippen LogP contribution in [0.1, 0.15) is 129 Å². The summed E-state index contributed by atoms with van der Waals surface area (Å²) in [7, 11) is 0. The van der Waals surface area contributed by atoms with Gasteiger partial charge in [0.15, 0.2) is 0 Å². The molecule has 0 aliphatic heterocycles. The van der Waals surface area contributed by atoms with Gasteiger partial charge in [-0.15, -0.1) is 0 Å².